The van der Waals surface area contributed by atoms with Gasteiger partial charge in [-0.3, -0.25) is 0 Å². The molecule has 0 aliphatic carbocycles. The molecule has 0 saturated carbocycles. The van der Waals surface area contributed by atoms with E-state index in [0.29, 0.717) is 13.1 Å². The van der Waals surface area contributed by atoms with Crippen molar-refractivity contribution in [3.05, 3.63) is 0 Å². The summed E-state index contributed by atoms with van der Waals surface area (Å²) in [6.07, 6.45) is 6.04. The van der Waals surface area contributed by atoms with E-state index < -0.39 is 10.2 Å². The number of thioether (sulfide) groups is 1. The molecule has 0 rings (SSSR count). The van der Waals surface area contributed by atoms with Crippen LogP contribution in [0.4, 0.5) is 0 Å². The monoisotopic (exact) mass is 297 g/mol. The lowest BCUT2D eigenvalue weighted by Crippen LogP contribution is -2.39. The maximum absolute atomic E-state index is 11.8. The summed E-state index contributed by atoms with van der Waals surface area (Å²) in [5.74, 6) is 1.15. The Bertz CT molecular complexity index is 284. The molecular formula is C11H27N3O2S2. The molecule has 0 saturated heterocycles. The Kier molecular flexibility index (Phi) is 11.2. The molecule has 0 bridgehead atoms. The van der Waals surface area contributed by atoms with Crippen LogP contribution in [0.3, 0.4) is 0 Å². The van der Waals surface area contributed by atoms with Crippen LogP contribution in [-0.2, 0) is 10.2 Å². The van der Waals surface area contributed by atoms with Crippen molar-refractivity contribution in [1.29, 1.82) is 0 Å². The van der Waals surface area contributed by atoms with Crippen molar-refractivity contribution in [2.45, 2.75) is 25.7 Å². The zero-order chi connectivity index (χ0) is 13.9. The topological polar surface area (TPSA) is 61.4 Å². The van der Waals surface area contributed by atoms with E-state index in [1.165, 1.54) is 4.31 Å². The quantitative estimate of drug-likeness (QED) is 0.525. The van der Waals surface area contributed by atoms with E-state index in [4.69, 9.17) is 0 Å². The maximum Gasteiger partial charge on any atom is 0.279 e. The van der Waals surface area contributed by atoms with E-state index in [2.05, 4.69) is 16.3 Å². The third-order valence-corrected chi connectivity index (χ3v) is 4.89. The Morgan fingerprint density at radius 1 is 1.11 bits per heavy atom. The van der Waals surface area contributed by atoms with E-state index in [0.717, 1.165) is 38.0 Å². The number of hydrogen-bond acceptors (Lipinski definition) is 4. The maximum atomic E-state index is 11.8. The smallest absolute Gasteiger partial charge is 0.279 e. The lowest BCUT2D eigenvalue weighted by atomic mass is 10.2. The Hall–Kier alpha value is 0.180. The lowest BCUT2D eigenvalue weighted by Gasteiger charge is -2.17. The Balaban J connectivity index is 3.71. The second-order valence-electron chi connectivity index (χ2n) is 4.23. The molecule has 0 aliphatic heterocycles. The molecule has 18 heavy (non-hydrogen) atoms. The highest BCUT2D eigenvalue weighted by atomic mass is 32.2. The van der Waals surface area contributed by atoms with Crippen molar-refractivity contribution in [3.8, 4) is 0 Å². The fourth-order valence-electron chi connectivity index (χ4n) is 1.46. The van der Waals surface area contributed by atoms with E-state index in [9.17, 15) is 8.42 Å². The summed E-state index contributed by atoms with van der Waals surface area (Å²) in [5, 5.41) is 3.00. The van der Waals surface area contributed by atoms with Crippen molar-refractivity contribution in [2.75, 3.05) is 45.7 Å². The summed E-state index contributed by atoms with van der Waals surface area (Å²) in [6, 6.07) is 0. The van der Waals surface area contributed by atoms with Crippen LogP contribution in [0.15, 0.2) is 0 Å². The van der Waals surface area contributed by atoms with Crippen molar-refractivity contribution in [3.63, 3.8) is 0 Å². The fraction of sp³-hybridized carbons (Fsp3) is 1.00. The molecule has 0 aromatic rings. The zero-order valence-corrected chi connectivity index (χ0v) is 13.4. The van der Waals surface area contributed by atoms with Gasteiger partial charge in [0.25, 0.3) is 10.2 Å². The predicted molar refractivity (Wildman–Crippen MR) is 80.3 cm³/mol. The molecule has 0 spiro atoms. The third kappa shape index (κ3) is 9.16. The standard InChI is InChI=1S/C11H27N3O2S2/c1-12-8-7-10-14(2)18(15,16)13-9-5-4-6-11-17-3/h12-13H,4-11H2,1-3H3. The predicted octanol–water partition coefficient (Wildman–Crippen LogP) is 0.895. The van der Waals surface area contributed by atoms with Gasteiger partial charge in [-0.05, 0) is 44.9 Å². The second-order valence-corrected chi connectivity index (χ2v) is 7.08. The molecular weight excluding hydrogens is 270 g/mol. The van der Waals surface area contributed by atoms with Gasteiger partial charge < -0.3 is 5.32 Å². The number of rotatable bonds is 12. The first-order valence-corrected chi connectivity index (χ1v) is 9.22. The van der Waals surface area contributed by atoms with E-state index in [1.807, 2.05) is 18.8 Å². The number of hydrogen-bond donors (Lipinski definition) is 2. The van der Waals surface area contributed by atoms with Crippen LogP contribution in [0, 0.1) is 0 Å². The van der Waals surface area contributed by atoms with Crippen molar-refractivity contribution < 1.29 is 8.42 Å². The van der Waals surface area contributed by atoms with Gasteiger partial charge in [0.2, 0.25) is 0 Å². The van der Waals surface area contributed by atoms with Crippen LogP contribution < -0.4 is 10.0 Å². The molecule has 0 aromatic heterocycles. The molecule has 5 nitrogen and oxygen atoms in total. The second kappa shape index (κ2) is 11.0. The van der Waals surface area contributed by atoms with Gasteiger partial charge in [0, 0.05) is 20.1 Å². The van der Waals surface area contributed by atoms with Gasteiger partial charge in [-0.25, -0.2) is 4.72 Å². The van der Waals surface area contributed by atoms with Gasteiger partial charge in [-0.15, -0.1) is 0 Å². The minimum atomic E-state index is -3.28. The van der Waals surface area contributed by atoms with Crippen LogP contribution in [0.1, 0.15) is 25.7 Å². The summed E-state index contributed by atoms with van der Waals surface area (Å²) < 4.78 is 27.6. The Morgan fingerprint density at radius 2 is 1.83 bits per heavy atom. The first kappa shape index (κ1) is 18.2. The highest BCUT2D eigenvalue weighted by molar-refractivity contribution is 7.98. The Morgan fingerprint density at radius 3 is 2.44 bits per heavy atom. The van der Waals surface area contributed by atoms with Crippen molar-refractivity contribution in [1.82, 2.24) is 14.3 Å². The molecule has 110 valence electrons. The SMILES string of the molecule is CNCCCN(C)S(=O)(=O)NCCCCCSC. The van der Waals surface area contributed by atoms with Crippen molar-refractivity contribution in [2.24, 2.45) is 0 Å². The van der Waals surface area contributed by atoms with Gasteiger partial charge in [0.1, 0.15) is 0 Å². The molecule has 7 heteroatoms. The summed E-state index contributed by atoms with van der Waals surface area (Å²) >= 11 is 1.83. The lowest BCUT2D eigenvalue weighted by molar-refractivity contribution is 0.447. The molecule has 0 unspecified atom stereocenters. The summed E-state index contributed by atoms with van der Waals surface area (Å²) in [5.41, 5.74) is 0. The average Bonchev–Trinajstić information content (AvgIpc) is 2.33. The molecule has 0 aliphatic rings. The normalized spacial score (nSPS) is 12.2. The van der Waals surface area contributed by atoms with Crippen LogP contribution in [0.2, 0.25) is 0 Å². The summed E-state index contributed by atoms with van der Waals surface area (Å²) in [6.45, 7) is 1.91. The van der Waals surface area contributed by atoms with Crippen molar-refractivity contribution >= 4 is 22.0 Å². The minimum absolute atomic E-state index is 0.535. The molecule has 0 amide bonds. The molecule has 2 N–H and O–H groups in total. The Labute approximate surface area is 116 Å². The molecule has 0 heterocycles. The first-order valence-electron chi connectivity index (χ1n) is 6.39. The van der Waals surface area contributed by atoms with Gasteiger partial charge in [-0.2, -0.15) is 24.5 Å². The molecule has 0 radical (unpaired) electrons. The summed E-state index contributed by atoms with van der Waals surface area (Å²) in [7, 11) is 0.196. The fourth-order valence-corrected chi connectivity index (χ4v) is 2.94. The molecule has 0 fully saturated rings. The third-order valence-electron chi connectivity index (χ3n) is 2.62. The number of unbranched alkanes of at least 4 members (excludes halogenated alkanes) is 2. The van der Waals surface area contributed by atoms with Crippen LogP contribution in [0.25, 0.3) is 0 Å². The van der Waals surface area contributed by atoms with E-state index in [1.54, 1.807) is 7.05 Å². The molecule has 0 atom stereocenters. The van der Waals surface area contributed by atoms with Crippen LogP contribution in [-0.4, -0.2) is 58.5 Å². The highest BCUT2D eigenvalue weighted by Gasteiger charge is 2.15. The van der Waals surface area contributed by atoms with E-state index in [-0.39, 0.29) is 0 Å². The van der Waals surface area contributed by atoms with Crippen LogP contribution >= 0.6 is 11.8 Å². The zero-order valence-electron chi connectivity index (χ0n) is 11.7. The highest BCUT2D eigenvalue weighted by Crippen LogP contribution is 2.02. The van der Waals surface area contributed by atoms with E-state index >= 15 is 0 Å². The van der Waals surface area contributed by atoms with Crippen LogP contribution in [0.5, 0.6) is 0 Å². The number of nitrogens with one attached hydrogen (secondary N) is 2. The largest absolute Gasteiger partial charge is 0.320 e. The summed E-state index contributed by atoms with van der Waals surface area (Å²) in [4.78, 5) is 0. The number of nitrogens with zero attached hydrogens (tertiary/aromatic N) is 1. The average molecular weight is 297 g/mol. The van der Waals surface area contributed by atoms with Gasteiger partial charge >= 0.3 is 0 Å². The molecule has 0 aromatic carbocycles. The first-order chi connectivity index (χ1) is 8.54. The van der Waals surface area contributed by atoms with Gasteiger partial charge in [-0.1, -0.05) is 6.42 Å². The minimum Gasteiger partial charge on any atom is -0.320 e. The van der Waals surface area contributed by atoms with Gasteiger partial charge in [0.05, 0.1) is 0 Å². The van der Waals surface area contributed by atoms with Gasteiger partial charge in [0.15, 0.2) is 0 Å².